The Bertz CT molecular complexity index is 914. The maximum absolute atomic E-state index is 13.6. The highest BCUT2D eigenvalue weighted by atomic mass is 19.1. The van der Waals surface area contributed by atoms with Gasteiger partial charge >= 0.3 is 0 Å². The van der Waals surface area contributed by atoms with Crippen LogP contribution in [0.3, 0.4) is 0 Å². The lowest BCUT2D eigenvalue weighted by molar-refractivity contribution is -0.125. The van der Waals surface area contributed by atoms with Gasteiger partial charge in [-0.05, 0) is 63.1 Å². The molecule has 2 aliphatic rings. The highest BCUT2D eigenvalue weighted by Crippen LogP contribution is 2.24. The third-order valence-electron chi connectivity index (χ3n) is 5.97. The molecule has 1 aromatic carbocycles. The Morgan fingerprint density at radius 2 is 2.17 bits per heavy atom. The Balaban J connectivity index is 1.36. The van der Waals surface area contributed by atoms with Crippen molar-refractivity contribution >= 4 is 11.7 Å². The van der Waals surface area contributed by atoms with E-state index in [0.29, 0.717) is 17.9 Å². The summed E-state index contributed by atoms with van der Waals surface area (Å²) in [6, 6.07) is 8.17. The molecular weight excluding hydrogens is 379 g/mol. The van der Waals surface area contributed by atoms with Crippen LogP contribution in [0.1, 0.15) is 44.9 Å². The molecule has 0 spiro atoms. The minimum absolute atomic E-state index is 0.0355. The van der Waals surface area contributed by atoms with Crippen molar-refractivity contribution < 1.29 is 9.18 Å². The van der Waals surface area contributed by atoms with E-state index in [-0.39, 0.29) is 17.6 Å². The molecule has 1 aliphatic carbocycles. The third-order valence-corrected chi connectivity index (χ3v) is 5.97. The summed E-state index contributed by atoms with van der Waals surface area (Å²) in [6.45, 7) is 2.22. The van der Waals surface area contributed by atoms with Gasteiger partial charge in [-0.15, -0.1) is 0 Å². The standard InChI is InChI=1S/C24H29FN4O/c25-21-10-4-8-19(16-21)23-26-14-12-22(28-23)29-15-5-9-20(17-29)24(30)27-13-11-18-6-2-1-3-7-18/h4,6,8,10,12,14,16,20H,1-3,5,7,9,11,13,15,17H2,(H,27,30)/t20-/m0/s1. The molecule has 1 aromatic heterocycles. The molecule has 2 aromatic rings. The van der Waals surface area contributed by atoms with Crippen LogP contribution >= 0.6 is 0 Å². The number of benzene rings is 1. The van der Waals surface area contributed by atoms with Crippen LogP contribution < -0.4 is 10.2 Å². The SMILES string of the molecule is O=C(NCCC1=CCCCC1)[C@H]1CCCN(c2ccnc(-c3cccc(F)c3)n2)C1. The molecule has 0 radical (unpaired) electrons. The molecule has 158 valence electrons. The highest BCUT2D eigenvalue weighted by molar-refractivity contribution is 5.79. The van der Waals surface area contributed by atoms with Gasteiger partial charge in [0.2, 0.25) is 5.91 Å². The first-order valence-corrected chi connectivity index (χ1v) is 11.0. The molecule has 30 heavy (non-hydrogen) atoms. The highest BCUT2D eigenvalue weighted by Gasteiger charge is 2.26. The van der Waals surface area contributed by atoms with Gasteiger partial charge in [0.1, 0.15) is 11.6 Å². The van der Waals surface area contributed by atoms with E-state index in [4.69, 9.17) is 0 Å². The smallest absolute Gasteiger partial charge is 0.224 e. The minimum atomic E-state index is -0.305. The summed E-state index contributed by atoms with van der Waals surface area (Å²) in [5, 5.41) is 3.13. The van der Waals surface area contributed by atoms with Crippen molar-refractivity contribution in [2.75, 3.05) is 24.5 Å². The Hall–Kier alpha value is -2.76. The summed E-state index contributed by atoms with van der Waals surface area (Å²) in [7, 11) is 0. The molecule has 2 heterocycles. The molecule has 0 bridgehead atoms. The topological polar surface area (TPSA) is 58.1 Å². The fraction of sp³-hybridized carbons (Fsp3) is 0.458. The Morgan fingerprint density at radius 1 is 1.23 bits per heavy atom. The first-order chi connectivity index (χ1) is 14.7. The van der Waals surface area contributed by atoms with Gasteiger partial charge in [0.15, 0.2) is 5.82 Å². The molecule has 1 atom stereocenters. The van der Waals surface area contributed by atoms with Crippen molar-refractivity contribution in [1.82, 2.24) is 15.3 Å². The van der Waals surface area contributed by atoms with Gasteiger partial charge < -0.3 is 10.2 Å². The van der Waals surface area contributed by atoms with E-state index in [2.05, 4.69) is 26.3 Å². The number of rotatable bonds is 6. The molecule has 1 saturated heterocycles. The lowest BCUT2D eigenvalue weighted by Crippen LogP contribution is -2.43. The molecule has 1 aliphatic heterocycles. The number of aromatic nitrogens is 2. The monoisotopic (exact) mass is 408 g/mol. The summed E-state index contributed by atoms with van der Waals surface area (Å²) in [5.74, 6) is 1.08. The molecule has 4 rings (SSSR count). The van der Waals surface area contributed by atoms with E-state index < -0.39 is 0 Å². The minimum Gasteiger partial charge on any atom is -0.356 e. The number of nitrogens with one attached hydrogen (secondary N) is 1. The number of halogens is 1. The fourth-order valence-corrected chi connectivity index (χ4v) is 4.31. The number of amides is 1. The zero-order valence-corrected chi connectivity index (χ0v) is 17.3. The van der Waals surface area contributed by atoms with Crippen LogP contribution in [-0.2, 0) is 4.79 Å². The summed E-state index contributed by atoms with van der Waals surface area (Å²) in [5.41, 5.74) is 2.14. The van der Waals surface area contributed by atoms with Gasteiger partial charge in [-0.3, -0.25) is 4.79 Å². The van der Waals surface area contributed by atoms with Gasteiger partial charge in [0, 0.05) is 31.4 Å². The van der Waals surface area contributed by atoms with Gasteiger partial charge in [0.05, 0.1) is 5.92 Å². The number of carbonyl (C=O) groups excluding carboxylic acids is 1. The molecule has 1 amide bonds. The molecule has 6 heteroatoms. The summed E-state index contributed by atoms with van der Waals surface area (Å²) in [6.07, 6.45) is 11.8. The number of allylic oxidation sites excluding steroid dienone is 1. The van der Waals surface area contributed by atoms with E-state index in [1.807, 2.05) is 6.07 Å². The molecular formula is C24H29FN4O. The van der Waals surface area contributed by atoms with Crippen molar-refractivity contribution in [2.45, 2.75) is 44.9 Å². The number of hydrogen-bond acceptors (Lipinski definition) is 4. The van der Waals surface area contributed by atoms with Gasteiger partial charge in [0.25, 0.3) is 0 Å². The third kappa shape index (κ3) is 5.23. The molecule has 5 nitrogen and oxygen atoms in total. The van der Waals surface area contributed by atoms with Crippen LogP contribution in [-0.4, -0.2) is 35.5 Å². The number of nitrogens with zero attached hydrogens (tertiary/aromatic N) is 3. The predicted molar refractivity (Wildman–Crippen MR) is 117 cm³/mol. The van der Waals surface area contributed by atoms with Crippen LogP contribution in [0.5, 0.6) is 0 Å². The Kier molecular flexibility index (Phi) is 6.72. The Morgan fingerprint density at radius 3 is 3.00 bits per heavy atom. The molecule has 0 saturated carbocycles. The fourth-order valence-electron chi connectivity index (χ4n) is 4.31. The number of carbonyl (C=O) groups is 1. The van der Waals surface area contributed by atoms with E-state index in [1.165, 1.54) is 43.4 Å². The van der Waals surface area contributed by atoms with E-state index in [0.717, 1.165) is 38.2 Å². The second kappa shape index (κ2) is 9.83. The van der Waals surface area contributed by atoms with Crippen molar-refractivity contribution in [3.63, 3.8) is 0 Å². The van der Waals surface area contributed by atoms with Crippen molar-refractivity contribution in [2.24, 2.45) is 5.92 Å². The average Bonchev–Trinajstić information content (AvgIpc) is 2.80. The van der Waals surface area contributed by atoms with Gasteiger partial charge in [-0.2, -0.15) is 0 Å². The second-order valence-corrected chi connectivity index (χ2v) is 8.18. The zero-order valence-electron chi connectivity index (χ0n) is 17.3. The number of hydrogen-bond donors (Lipinski definition) is 1. The van der Waals surface area contributed by atoms with Gasteiger partial charge in [-0.1, -0.05) is 23.8 Å². The average molecular weight is 409 g/mol. The van der Waals surface area contributed by atoms with Crippen LogP contribution in [0.2, 0.25) is 0 Å². The van der Waals surface area contributed by atoms with Gasteiger partial charge in [-0.25, -0.2) is 14.4 Å². The normalized spacial score (nSPS) is 19.3. The van der Waals surface area contributed by atoms with Crippen LogP contribution in [0.15, 0.2) is 48.2 Å². The number of anilines is 1. The van der Waals surface area contributed by atoms with Crippen LogP contribution in [0.25, 0.3) is 11.4 Å². The molecule has 1 fully saturated rings. The largest absolute Gasteiger partial charge is 0.356 e. The quantitative estimate of drug-likeness (QED) is 0.715. The van der Waals surface area contributed by atoms with E-state index in [9.17, 15) is 9.18 Å². The predicted octanol–water partition coefficient (Wildman–Crippen LogP) is 4.51. The van der Waals surface area contributed by atoms with Crippen LogP contribution in [0, 0.1) is 11.7 Å². The molecule has 0 unspecified atom stereocenters. The van der Waals surface area contributed by atoms with Crippen molar-refractivity contribution in [3.05, 3.63) is 54.0 Å². The summed E-state index contributed by atoms with van der Waals surface area (Å²) < 4.78 is 13.6. The lowest BCUT2D eigenvalue weighted by Gasteiger charge is -2.33. The summed E-state index contributed by atoms with van der Waals surface area (Å²) >= 11 is 0. The zero-order chi connectivity index (χ0) is 20.8. The second-order valence-electron chi connectivity index (χ2n) is 8.18. The molecule has 1 N–H and O–H groups in total. The maximum Gasteiger partial charge on any atom is 0.224 e. The summed E-state index contributed by atoms with van der Waals surface area (Å²) in [4.78, 5) is 23.8. The maximum atomic E-state index is 13.6. The lowest BCUT2D eigenvalue weighted by atomic mass is 9.96. The first-order valence-electron chi connectivity index (χ1n) is 11.0. The van der Waals surface area contributed by atoms with Crippen LogP contribution in [0.4, 0.5) is 10.2 Å². The number of piperidine rings is 1. The van der Waals surface area contributed by atoms with Crippen molar-refractivity contribution in [1.29, 1.82) is 0 Å². The van der Waals surface area contributed by atoms with Crippen molar-refractivity contribution in [3.8, 4) is 11.4 Å². The van der Waals surface area contributed by atoms with E-state index >= 15 is 0 Å². The first kappa shape index (κ1) is 20.5. The Labute approximate surface area is 177 Å². The van der Waals surface area contributed by atoms with E-state index in [1.54, 1.807) is 18.3 Å².